The van der Waals surface area contributed by atoms with Gasteiger partial charge in [0.2, 0.25) is 5.91 Å². The molecule has 5 nitrogen and oxygen atoms in total. The Hall–Kier alpha value is -2.34. The highest BCUT2D eigenvalue weighted by Crippen LogP contribution is 2.50. The SMILES string of the molecule is Cc1cccc(NC(=O)N2CCN(C(=O)C3(c4cccc(Br)c4)CC3)CC2)c1. The number of anilines is 1. The maximum Gasteiger partial charge on any atom is 0.321 e. The first kappa shape index (κ1) is 19.0. The molecule has 2 aromatic carbocycles. The number of hydrogen-bond donors (Lipinski definition) is 1. The normalized spacial score (nSPS) is 17.9. The predicted molar refractivity (Wildman–Crippen MR) is 113 cm³/mol. The number of rotatable bonds is 3. The first-order valence-corrected chi connectivity index (χ1v) is 10.5. The fourth-order valence-electron chi connectivity index (χ4n) is 3.88. The Morgan fingerprint density at radius 1 is 0.964 bits per heavy atom. The summed E-state index contributed by atoms with van der Waals surface area (Å²) in [6.45, 7) is 4.26. The van der Waals surface area contributed by atoms with Crippen LogP contribution in [0.5, 0.6) is 0 Å². The van der Waals surface area contributed by atoms with E-state index in [1.807, 2.05) is 54.3 Å². The van der Waals surface area contributed by atoms with Crippen LogP contribution in [0.15, 0.2) is 53.0 Å². The average Bonchev–Trinajstić information content (AvgIpc) is 3.50. The average molecular weight is 442 g/mol. The van der Waals surface area contributed by atoms with E-state index in [1.165, 1.54) is 0 Å². The molecule has 1 saturated heterocycles. The molecule has 0 atom stereocenters. The second-order valence-corrected chi connectivity index (χ2v) is 8.59. The Morgan fingerprint density at radius 2 is 1.64 bits per heavy atom. The van der Waals surface area contributed by atoms with Gasteiger partial charge in [0.15, 0.2) is 0 Å². The van der Waals surface area contributed by atoms with Crippen molar-refractivity contribution in [3.63, 3.8) is 0 Å². The first-order chi connectivity index (χ1) is 13.5. The fourth-order valence-corrected chi connectivity index (χ4v) is 4.28. The molecule has 0 bridgehead atoms. The zero-order valence-electron chi connectivity index (χ0n) is 16.0. The standard InChI is InChI=1S/C22H24BrN3O2/c1-16-4-2-7-19(14-16)24-21(28)26-12-10-25(11-13-26)20(27)22(8-9-22)17-5-3-6-18(23)15-17/h2-7,14-15H,8-13H2,1H3,(H,24,28). The van der Waals surface area contributed by atoms with Crippen molar-refractivity contribution in [2.24, 2.45) is 0 Å². The van der Waals surface area contributed by atoms with Gasteiger partial charge in [-0.25, -0.2) is 4.79 Å². The zero-order valence-corrected chi connectivity index (χ0v) is 17.5. The molecule has 1 heterocycles. The summed E-state index contributed by atoms with van der Waals surface area (Å²) in [5, 5.41) is 2.95. The summed E-state index contributed by atoms with van der Waals surface area (Å²) in [4.78, 5) is 29.4. The van der Waals surface area contributed by atoms with E-state index in [4.69, 9.17) is 0 Å². The smallest absolute Gasteiger partial charge is 0.321 e. The number of nitrogens with zero attached hydrogens (tertiary/aromatic N) is 2. The van der Waals surface area contributed by atoms with Gasteiger partial charge in [0.05, 0.1) is 5.41 Å². The topological polar surface area (TPSA) is 52.7 Å². The number of nitrogens with one attached hydrogen (secondary N) is 1. The van der Waals surface area contributed by atoms with E-state index < -0.39 is 0 Å². The molecule has 0 unspecified atom stereocenters. The van der Waals surface area contributed by atoms with E-state index in [1.54, 1.807) is 4.90 Å². The second kappa shape index (κ2) is 7.59. The minimum Gasteiger partial charge on any atom is -0.338 e. The third kappa shape index (κ3) is 3.78. The van der Waals surface area contributed by atoms with Crippen LogP contribution in [0.25, 0.3) is 0 Å². The maximum absolute atomic E-state index is 13.2. The summed E-state index contributed by atoms with van der Waals surface area (Å²) in [7, 11) is 0. The van der Waals surface area contributed by atoms with E-state index in [9.17, 15) is 9.59 Å². The monoisotopic (exact) mass is 441 g/mol. The number of piperazine rings is 1. The second-order valence-electron chi connectivity index (χ2n) is 7.67. The summed E-state index contributed by atoms with van der Waals surface area (Å²) in [5.41, 5.74) is 2.63. The van der Waals surface area contributed by atoms with Crippen LogP contribution in [0.4, 0.5) is 10.5 Å². The Morgan fingerprint density at radius 3 is 2.29 bits per heavy atom. The Kier molecular flexibility index (Phi) is 5.15. The summed E-state index contributed by atoms with van der Waals surface area (Å²) < 4.78 is 1.00. The van der Waals surface area contributed by atoms with Crippen molar-refractivity contribution in [2.75, 3.05) is 31.5 Å². The Labute approximate surface area is 173 Å². The zero-order chi connectivity index (χ0) is 19.7. The quantitative estimate of drug-likeness (QED) is 0.776. The minimum atomic E-state index is -0.365. The van der Waals surface area contributed by atoms with Gasteiger partial charge in [0.25, 0.3) is 0 Å². The van der Waals surface area contributed by atoms with Gasteiger partial charge in [-0.05, 0) is 55.2 Å². The number of hydrogen-bond acceptors (Lipinski definition) is 2. The van der Waals surface area contributed by atoms with Crippen LogP contribution in [0.2, 0.25) is 0 Å². The highest BCUT2D eigenvalue weighted by atomic mass is 79.9. The van der Waals surface area contributed by atoms with Crippen LogP contribution in [-0.2, 0) is 10.2 Å². The number of benzene rings is 2. The third-order valence-corrected chi connectivity index (χ3v) is 6.15. The molecule has 2 aliphatic rings. The molecule has 4 rings (SSSR count). The van der Waals surface area contributed by atoms with Gasteiger partial charge in [0.1, 0.15) is 0 Å². The lowest BCUT2D eigenvalue weighted by Crippen LogP contribution is -2.53. The van der Waals surface area contributed by atoms with E-state index in [2.05, 4.69) is 27.3 Å². The highest BCUT2D eigenvalue weighted by molar-refractivity contribution is 9.10. The van der Waals surface area contributed by atoms with E-state index >= 15 is 0 Å². The molecular formula is C22H24BrN3O2. The first-order valence-electron chi connectivity index (χ1n) is 9.66. The number of halogens is 1. The van der Waals surface area contributed by atoms with Gasteiger partial charge in [-0.15, -0.1) is 0 Å². The lowest BCUT2D eigenvalue weighted by atomic mass is 9.94. The van der Waals surface area contributed by atoms with Crippen LogP contribution in [0, 0.1) is 6.92 Å². The van der Waals surface area contributed by atoms with Crippen LogP contribution in [0.1, 0.15) is 24.0 Å². The fraction of sp³-hybridized carbons (Fsp3) is 0.364. The van der Waals surface area contributed by atoms with Crippen molar-refractivity contribution >= 4 is 33.6 Å². The van der Waals surface area contributed by atoms with Crippen molar-refractivity contribution in [3.05, 3.63) is 64.1 Å². The van der Waals surface area contributed by atoms with Gasteiger partial charge < -0.3 is 15.1 Å². The molecule has 2 aromatic rings. The van der Waals surface area contributed by atoms with E-state index in [0.29, 0.717) is 26.2 Å². The molecular weight excluding hydrogens is 418 g/mol. The van der Waals surface area contributed by atoms with Gasteiger partial charge in [0, 0.05) is 36.3 Å². The Balaban J connectivity index is 1.36. The van der Waals surface area contributed by atoms with Crippen molar-refractivity contribution in [1.82, 2.24) is 9.80 Å². The number of urea groups is 1. The van der Waals surface area contributed by atoms with Gasteiger partial charge in [-0.3, -0.25) is 4.79 Å². The molecule has 2 fully saturated rings. The van der Waals surface area contributed by atoms with Crippen molar-refractivity contribution in [2.45, 2.75) is 25.2 Å². The van der Waals surface area contributed by atoms with Gasteiger partial charge in [-0.1, -0.05) is 40.2 Å². The number of amides is 3. The van der Waals surface area contributed by atoms with Crippen LogP contribution in [-0.4, -0.2) is 47.9 Å². The van der Waals surface area contributed by atoms with Gasteiger partial charge >= 0.3 is 6.03 Å². The molecule has 6 heteroatoms. The maximum atomic E-state index is 13.2. The largest absolute Gasteiger partial charge is 0.338 e. The minimum absolute atomic E-state index is 0.106. The van der Waals surface area contributed by atoms with E-state index in [0.717, 1.165) is 34.1 Å². The molecule has 0 aromatic heterocycles. The molecule has 1 aliphatic heterocycles. The molecule has 1 N–H and O–H groups in total. The summed E-state index contributed by atoms with van der Waals surface area (Å²) >= 11 is 3.51. The predicted octanol–water partition coefficient (Wildman–Crippen LogP) is 4.17. The van der Waals surface area contributed by atoms with Crippen LogP contribution < -0.4 is 5.32 Å². The van der Waals surface area contributed by atoms with Crippen LogP contribution in [0.3, 0.4) is 0 Å². The summed E-state index contributed by atoms with van der Waals surface area (Å²) in [6, 6.07) is 15.7. The van der Waals surface area contributed by atoms with E-state index in [-0.39, 0.29) is 17.4 Å². The lowest BCUT2D eigenvalue weighted by Gasteiger charge is -2.36. The molecule has 3 amide bonds. The number of carbonyl (C=O) groups is 2. The summed E-state index contributed by atoms with van der Waals surface area (Å²) in [6.07, 6.45) is 1.80. The van der Waals surface area contributed by atoms with Crippen LogP contribution >= 0.6 is 15.9 Å². The van der Waals surface area contributed by atoms with Crippen molar-refractivity contribution < 1.29 is 9.59 Å². The molecule has 1 aliphatic carbocycles. The van der Waals surface area contributed by atoms with Gasteiger partial charge in [-0.2, -0.15) is 0 Å². The molecule has 1 saturated carbocycles. The molecule has 28 heavy (non-hydrogen) atoms. The number of aryl methyl sites for hydroxylation is 1. The molecule has 146 valence electrons. The lowest BCUT2D eigenvalue weighted by molar-refractivity contribution is -0.135. The van der Waals surface area contributed by atoms with Crippen molar-refractivity contribution in [1.29, 1.82) is 0 Å². The molecule has 0 radical (unpaired) electrons. The Bertz CT molecular complexity index is 902. The summed E-state index contributed by atoms with van der Waals surface area (Å²) in [5.74, 6) is 0.198. The highest BCUT2D eigenvalue weighted by Gasteiger charge is 2.53. The number of carbonyl (C=O) groups excluding carboxylic acids is 2. The van der Waals surface area contributed by atoms with Crippen molar-refractivity contribution in [3.8, 4) is 0 Å². The molecule has 0 spiro atoms. The third-order valence-electron chi connectivity index (χ3n) is 5.66.